The zero-order valence-corrected chi connectivity index (χ0v) is 10.4. The van der Waals surface area contributed by atoms with Crippen molar-refractivity contribution in [2.75, 3.05) is 25.1 Å². The summed E-state index contributed by atoms with van der Waals surface area (Å²) in [7, 11) is 0. The third kappa shape index (κ3) is 3.63. The van der Waals surface area contributed by atoms with Crippen molar-refractivity contribution in [1.82, 2.24) is 5.32 Å². The first-order valence-electron chi connectivity index (χ1n) is 6.16. The Kier molecular flexibility index (Phi) is 4.41. The van der Waals surface area contributed by atoms with Crippen LogP contribution < -0.4 is 15.4 Å². The van der Waals surface area contributed by atoms with E-state index in [1.54, 1.807) is 0 Å². The van der Waals surface area contributed by atoms with Gasteiger partial charge in [0.05, 0.1) is 19.3 Å². The summed E-state index contributed by atoms with van der Waals surface area (Å²) in [5, 5.41) is 5.64. The second-order valence-corrected chi connectivity index (χ2v) is 4.12. The maximum absolute atomic E-state index is 11.7. The fourth-order valence-electron chi connectivity index (χ4n) is 1.80. The van der Waals surface area contributed by atoms with Gasteiger partial charge in [-0.2, -0.15) is 0 Å². The minimum atomic E-state index is -0.199. The summed E-state index contributed by atoms with van der Waals surface area (Å²) >= 11 is 0. The summed E-state index contributed by atoms with van der Waals surface area (Å²) in [6, 6.07) is 7.21. The van der Waals surface area contributed by atoms with Crippen LogP contribution in [0.25, 0.3) is 0 Å². The van der Waals surface area contributed by atoms with Crippen LogP contribution in [0.5, 0.6) is 5.75 Å². The van der Waals surface area contributed by atoms with Crippen LogP contribution in [-0.4, -0.2) is 31.9 Å². The molecule has 1 saturated heterocycles. The predicted octanol–water partition coefficient (Wildman–Crippen LogP) is 2.00. The Balaban J connectivity index is 1.82. The topological polar surface area (TPSA) is 59.6 Å². The number of carbonyl (C=O) groups is 1. The Morgan fingerprint density at radius 2 is 2.22 bits per heavy atom. The molecule has 5 heteroatoms. The van der Waals surface area contributed by atoms with Crippen molar-refractivity contribution in [1.29, 1.82) is 0 Å². The molecule has 1 fully saturated rings. The van der Waals surface area contributed by atoms with Gasteiger partial charge >= 0.3 is 6.03 Å². The average molecular weight is 250 g/mol. The van der Waals surface area contributed by atoms with E-state index in [9.17, 15) is 4.79 Å². The van der Waals surface area contributed by atoms with Crippen LogP contribution in [0.2, 0.25) is 0 Å². The highest BCUT2D eigenvalue weighted by Gasteiger charge is 2.17. The second kappa shape index (κ2) is 6.26. The molecule has 2 amide bonds. The number of amides is 2. The first-order valence-corrected chi connectivity index (χ1v) is 6.16. The van der Waals surface area contributed by atoms with Gasteiger partial charge in [-0.25, -0.2) is 4.79 Å². The molecule has 0 aromatic heterocycles. The molecule has 5 nitrogen and oxygen atoms in total. The number of rotatable bonds is 4. The first-order chi connectivity index (χ1) is 8.78. The van der Waals surface area contributed by atoms with Crippen molar-refractivity contribution in [2.45, 2.75) is 19.4 Å². The van der Waals surface area contributed by atoms with Crippen LogP contribution in [0.15, 0.2) is 24.3 Å². The van der Waals surface area contributed by atoms with Crippen molar-refractivity contribution in [3.05, 3.63) is 24.3 Å². The van der Waals surface area contributed by atoms with E-state index < -0.39 is 0 Å². The van der Waals surface area contributed by atoms with Gasteiger partial charge in [-0.1, -0.05) is 0 Å². The highest BCUT2D eigenvalue weighted by Crippen LogP contribution is 2.15. The van der Waals surface area contributed by atoms with Gasteiger partial charge in [0.25, 0.3) is 0 Å². The number of nitrogens with one attached hydrogen (secondary N) is 2. The molecule has 0 bridgehead atoms. The molecule has 1 aliphatic heterocycles. The quantitative estimate of drug-likeness (QED) is 0.859. The maximum atomic E-state index is 11.7. The van der Waals surface area contributed by atoms with E-state index in [0.29, 0.717) is 19.8 Å². The number of anilines is 1. The summed E-state index contributed by atoms with van der Waals surface area (Å²) in [6.07, 6.45) is 0.872. The third-order valence-corrected chi connectivity index (χ3v) is 2.69. The van der Waals surface area contributed by atoms with Crippen LogP contribution >= 0.6 is 0 Å². The number of carbonyl (C=O) groups excluding carboxylic acids is 1. The Morgan fingerprint density at radius 1 is 1.44 bits per heavy atom. The number of urea groups is 1. The molecule has 2 N–H and O–H groups in total. The smallest absolute Gasteiger partial charge is 0.319 e. The molecule has 0 spiro atoms. The summed E-state index contributed by atoms with van der Waals surface area (Å²) in [4.78, 5) is 11.7. The Morgan fingerprint density at radius 3 is 2.83 bits per heavy atom. The first kappa shape index (κ1) is 12.7. The lowest BCUT2D eigenvalue weighted by atomic mass is 10.2. The fourth-order valence-corrected chi connectivity index (χ4v) is 1.80. The molecule has 1 unspecified atom stereocenters. The standard InChI is InChI=1S/C13H18N2O3/c1-2-18-12-5-3-10(4-6-12)14-13(16)15-11-7-8-17-9-11/h3-6,11H,2,7-9H2,1H3,(H2,14,15,16). The maximum Gasteiger partial charge on any atom is 0.319 e. The van der Waals surface area contributed by atoms with Crippen LogP contribution in [0.3, 0.4) is 0 Å². The van der Waals surface area contributed by atoms with Gasteiger partial charge < -0.3 is 20.1 Å². The molecule has 0 saturated carbocycles. The van der Waals surface area contributed by atoms with Gasteiger partial charge in [0.2, 0.25) is 0 Å². The van der Waals surface area contributed by atoms with Gasteiger partial charge in [0, 0.05) is 12.3 Å². The highest BCUT2D eigenvalue weighted by molar-refractivity contribution is 5.89. The van der Waals surface area contributed by atoms with E-state index in [1.807, 2.05) is 31.2 Å². The minimum Gasteiger partial charge on any atom is -0.494 e. The molecule has 18 heavy (non-hydrogen) atoms. The molecule has 0 radical (unpaired) electrons. The van der Waals surface area contributed by atoms with Crippen molar-refractivity contribution < 1.29 is 14.3 Å². The Labute approximate surface area is 106 Å². The van der Waals surface area contributed by atoms with Gasteiger partial charge in [-0.3, -0.25) is 0 Å². The second-order valence-electron chi connectivity index (χ2n) is 4.12. The molecule has 1 aliphatic rings. The van der Waals surface area contributed by atoms with E-state index in [-0.39, 0.29) is 12.1 Å². The normalized spacial score (nSPS) is 18.4. The van der Waals surface area contributed by atoms with E-state index >= 15 is 0 Å². The molecule has 1 heterocycles. The zero-order valence-electron chi connectivity index (χ0n) is 10.4. The number of ether oxygens (including phenoxy) is 2. The van der Waals surface area contributed by atoms with Crippen LogP contribution in [0, 0.1) is 0 Å². The van der Waals surface area contributed by atoms with Crippen LogP contribution in [0.4, 0.5) is 10.5 Å². The Hall–Kier alpha value is -1.75. The van der Waals surface area contributed by atoms with Gasteiger partial charge in [0.15, 0.2) is 0 Å². The van der Waals surface area contributed by atoms with Crippen molar-refractivity contribution in [3.8, 4) is 5.75 Å². The summed E-state index contributed by atoms with van der Waals surface area (Å²) in [5.41, 5.74) is 0.745. The summed E-state index contributed by atoms with van der Waals surface area (Å²) < 4.78 is 10.5. The SMILES string of the molecule is CCOc1ccc(NC(=O)NC2CCOC2)cc1. The van der Waals surface area contributed by atoms with Crippen LogP contribution in [0.1, 0.15) is 13.3 Å². The van der Waals surface area contributed by atoms with Gasteiger partial charge in [-0.05, 0) is 37.6 Å². The van der Waals surface area contributed by atoms with E-state index in [4.69, 9.17) is 9.47 Å². The summed E-state index contributed by atoms with van der Waals surface area (Å²) in [5.74, 6) is 0.799. The Bertz CT molecular complexity index is 386. The molecular formula is C13H18N2O3. The van der Waals surface area contributed by atoms with E-state index in [1.165, 1.54) is 0 Å². The lowest BCUT2D eigenvalue weighted by Crippen LogP contribution is -2.38. The molecule has 1 aromatic carbocycles. The molecule has 2 rings (SSSR count). The molecular weight excluding hydrogens is 232 g/mol. The monoisotopic (exact) mass is 250 g/mol. The number of benzene rings is 1. The molecule has 98 valence electrons. The van der Waals surface area contributed by atoms with Crippen molar-refractivity contribution >= 4 is 11.7 Å². The van der Waals surface area contributed by atoms with E-state index in [0.717, 1.165) is 17.9 Å². The zero-order chi connectivity index (χ0) is 12.8. The molecule has 0 aliphatic carbocycles. The van der Waals surface area contributed by atoms with Crippen LogP contribution in [-0.2, 0) is 4.74 Å². The average Bonchev–Trinajstić information content (AvgIpc) is 2.84. The lowest BCUT2D eigenvalue weighted by molar-refractivity contribution is 0.189. The van der Waals surface area contributed by atoms with Crippen molar-refractivity contribution in [3.63, 3.8) is 0 Å². The molecule has 1 aromatic rings. The lowest BCUT2D eigenvalue weighted by Gasteiger charge is -2.12. The van der Waals surface area contributed by atoms with Crippen molar-refractivity contribution in [2.24, 2.45) is 0 Å². The molecule has 1 atom stereocenters. The number of hydrogen-bond donors (Lipinski definition) is 2. The summed E-state index contributed by atoms with van der Waals surface area (Å²) in [6.45, 7) is 3.88. The third-order valence-electron chi connectivity index (χ3n) is 2.69. The largest absolute Gasteiger partial charge is 0.494 e. The van der Waals surface area contributed by atoms with E-state index in [2.05, 4.69) is 10.6 Å². The number of hydrogen-bond acceptors (Lipinski definition) is 3. The predicted molar refractivity (Wildman–Crippen MR) is 69.0 cm³/mol. The highest BCUT2D eigenvalue weighted by atomic mass is 16.5. The minimum absolute atomic E-state index is 0.118. The van der Waals surface area contributed by atoms with Gasteiger partial charge in [-0.15, -0.1) is 0 Å². The fraction of sp³-hybridized carbons (Fsp3) is 0.462. The van der Waals surface area contributed by atoms with Gasteiger partial charge in [0.1, 0.15) is 5.75 Å².